The molecule has 1 fully saturated rings. The van der Waals surface area contributed by atoms with Crippen LogP contribution in [0.1, 0.15) is 43.6 Å². The van der Waals surface area contributed by atoms with Crippen molar-refractivity contribution in [2.75, 3.05) is 18.5 Å². The maximum absolute atomic E-state index is 11.3. The minimum absolute atomic E-state index is 0.0202. The number of carbonyl (C=O) groups is 1. The van der Waals surface area contributed by atoms with Crippen LogP contribution in [0.5, 0.6) is 0 Å². The Morgan fingerprint density at radius 1 is 1.15 bits per heavy atom. The van der Waals surface area contributed by atoms with E-state index in [9.17, 15) is 15.2 Å². The van der Waals surface area contributed by atoms with E-state index in [-0.39, 0.29) is 12.5 Å². The second-order valence-corrected chi connectivity index (χ2v) is 10.1. The molecular weight excluding hydrogens is 496 g/mol. The van der Waals surface area contributed by atoms with Gasteiger partial charge >= 0.3 is 5.97 Å². The Hall–Kier alpha value is -4.69. The molecule has 0 saturated carbocycles. The van der Waals surface area contributed by atoms with Crippen molar-refractivity contribution in [1.82, 2.24) is 29.9 Å². The maximum atomic E-state index is 11.3. The third kappa shape index (κ3) is 6.25. The standard InChI is InChI=1S/C28H28N8O3/c1-28(2,13-26(37)38)25-8-4-7-20(30-25)15-36-16-24(34-35-36)23-12-22(19-6-3-5-18(11-19)14-29)32-27(33-23)31-21-9-10-39-17-21/h3-8,11-12,16,21H,9-10,13,15,17H2,1-2H3,(H,37,38)(H,31,32,33)/t21-/m1/s1. The van der Waals surface area contributed by atoms with Gasteiger partial charge < -0.3 is 15.2 Å². The molecule has 0 spiro atoms. The average molecular weight is 525 g/mol. The van der Waals surface area contributed by atoms with Gasteiger partial charge in [-0.25, -0.2) is 14.6 Å². The summed E-state index contributed by atoms with van der Waals surface area (Å²) in [5.41, 5.74) is 3.96. The predicted molar refractivity (Wildman–Crippen MR) is 143 cm³/mol. The smallest absolute Gasteiger partial charge is 0.304 e. The fraction of sp³-hybridized carbons (Fsp3) is 0.321. The Kier molecular flexibility index (Phi) is 7.29. The number of nitrogens with zero attached hydrogens (tertiary/aromatic N) is 7. The molecule has 11 nitrogen and oxygen atoms in total. The second kappa shape index (κ2) is 11.0. The highest BCUT2D eigenvalue weighted by atomic mass is 16.5. The quantitative estimate of drug-likeness (QED) is 0.332. The van der Waals surface area contributed by atoms with Gasteiger partial charge in [0.1, 0.15) is 5.69 Å². The van der Waals surface area contributed by atoms with Gasteiger partial charge in [0.25, 0.3) is 0 Å². The highest BCUT2D eigenvalue weighted by Crippen LogP contribution is 2.27. The molecule has 0 unspecified atom stereocenters. The third-order valence-electron chi connectivity index (χ3n) is 6.49. The van der Waals surface area contributed by atoms with Gasteiger partial charge in [0.15, 0.2) is 0 Å². The van der Waals surface area contributed by atoms with E-state index < -0.39 is 11.4 Å². The lowest BCUT2D eigenvalue weighted by atomic mass is 9.85. The predicted octanol–water partition coefficient (Wildman–Crippen LogP) is 3.67. The lowest BCUT2D eigenvalue weighted by Gasteiger charge is -2.22. The first-order valence-electron chi connectivity index (χ1n) is 12.6. The summed E-state index contributed by atoms with van der Waals surface area (Å²) in [6.07, 6.45) is 2.63. The highest BCUT2D eigenvalue weighted by Gasteiger charge is 2.26. The van der Waals surface area contributed by atoms with Crippen LogP contribution in [0.4, 0.5) is 5.95 Å². The molecule has 11 heteroatoms. The summed E-state index contributed by atoms with van der Waals surface area (Å²) in [6, 6.07) is 16.9. The molecule has 1 aromatic carbocycles. The Morgan fingerprint density at radius 2 is 1.97 bits per heavy atom. The summed E-state index contributed by atoms with van der Waals surface area (Å²) >= 11 is 0. The van der Waals surface area contributed by atoms with Crippen LogP contribution >= 0.6 is 0 Å². The number of hydrogen-bond acceptors (Lipinski definition) is 9. The lowest BCUT2D eigenvalue weighted by molar-refractivity contribution is -0.138. The first kappa shape index (κ1) is 25.9. The number of hydrogen-bond donors (Lipinski definition) is 2. The number of nitriles is 1. The molecule has 3 aromatic heterocycles. The van der Waals surface area contributed by atoms with E-state index in [2.05, 4.69) is 21.7 Å². The van der Waals surface area contributed by atoms with Crippen LogP contribution in [-0.4, -0.2) is 60.3 Å². The Morgan fingerprint density at radius 3 is 2.74 bits per heavy atom. The van der Waals surface area contributed by atoms with Crippen molar-refractivity contribution in [3.05, 3.63) is 71.7 Å². The van der Waals surface area contributed by atoms with Gasteiger partial charge in [0.2, 0.25) is 5.95 Å². The number of ether oxygens (including phenoxy) is 1. The summed E-state index contributed by atoms with van der Waals surface area (Å²) in [5.74, 6) is -0.420. The van der Waals surface area contributed by atoms with Crippen LogP contribution < -0.4 is 5.32 Å². The van der Waals surface area contributed by atoms with Crippen molar-refractivity contribution in [2.24, 2.45) is 0 Å². The Balaban J connectivity index is 1.43. The Bertz CT molecular complexity index is 1540. The SMILES string of the molecule is CC(C)(CC(=O)O)c1cccc(Cn2cc(-c3cc(-c4cccc(C#N)c4)nc(N[C@@H]4CCOC4)n3)nn2)n1. The van der Waals surface area contributed by atoms with Gasteiger partial charge in [-0.3, -0.25) is 9.78 Å². The van der Waals surface area contributed by atoms with Gasteiger partial charge in [-0.15, -0.1) is 5.10 Å². The number of carboxylic acids is 1. The molecule has 1 aliphatic rings. The molecule has 0 aliphatic carbocycles. The number of aromatic nitrogens is 6. The summed E-state index contributed by atoms with van der Waals surface area (Å²) in [4.78, 5) is 25.4. The highest BCUT2D eigenvalue weighted by molar-refractivity contribution is 5.69. The molecule has 2 N–H and O–H groups in total. The van der Waals surface area contributed by atoms with Crippen molar-refractivity contribution in [3.8, 4) is 28.7 Å². The Labute approximate surface area is 225 Å². The molecule has 198 valence electrons. The number of pyridine rings is 1. The first-order chi connectivity index (χ1) is 18.8. The molecule has 5 rings (SSSR count). The van der Waals surface area contributed by atoms with Crippen molar-refractivity contribution in [1.29, 1.82) is 5.26 Å². The van der Waals surface area contributed by atoms with Crippen LogP contribution in [-0.2, 0) is 21.5 Å². The molecule has 1 aliphatic heterocycles. The van der Waals surface area contributed by atoms with Gasteiger partial charge in [0.05, 0.1) is 60.5 Å². The van der Waals surface area contributed by atoms with E-state index in [4.69, 9.17) is 19.7 Å². The van der Waals surface area contributed by atoms with E-state index in [0.29, 0.717) is 54.0 Å². The van der Waals surface area contributed by atoms with Crippen molar-refractivity contribution < 1.29 is 14.6 Å². The maximum Gasteiger partial charge on any atom is 0.304 e. The number of benzene rings is 1. The van der Waals surface area contributed by atoms with Crippen LogP contribution in [0.2, 0.25) is 0 Å². The third-order valence-corrected chi connectivity index (χ3v) is 6.49. The number of anilines is 1. The molecule has 4 aromatic rings. The van der Waals surface area contributed by atoms with Crippen molar-refractivity contribution in [2.45, 2.75) is 44.7 Å². The minimum atomic E-state index is -0.869. The van der Waals surface area contributed by atoms with Crippen LogP contribution in [0.3, 0.4) is 0 Å². The first-order valence-corrected chi connectivity index (χ1v) is 12.6. The zero-order chi connectivity index (χ0) is 27.4. The van der Waals surface area contributed by atoms with E-state index in [1.54, 1.807) is 23.0 Å². The summed E-state index contributed by atoms with van der Waals surface area (Å²) < 4.78 is 7.15. The normalized spacial score (nSPS) is 15.2. The van der Waals surface area contributed by atoms with E-state index in [1.165, 1.54) is 0 Å². The number of aliphatic carboxylic acids is 1. The molecule has 0 bridgehead atoms. The van der Waals surface area contributed by atoms with Gasteiger partial charge in [0, 0.05) is 23.3 Å². The van der Waals surface area contributed by atoms with Crippen LogP contribution in [0.15, 0.2) is 54.7 Å². The van der Waals surface area contributed by atoms with Gasteiger partial charge in [-0.1, -0.05) is 37.3 Å². The zero-order valence-electron chi connectivity index (χ0n) is 21.7. The van der Waals surface area contributed by atoms with Gasteiger partial charge in [-0.2, -0.15) is 5.26 Å². The molecule has 0 amide bonds. The van der Waals surface area contributed by atoms with E-state index in [1.807, 2.05) is 50.2 Å². The fourth-order valence-electron chi connectivity index (χ4n) is 4.44. The molecule has 4 heterocycles. The number of nitrogens with one attached hydrogen (secondary N) is 1. The number of rotatable bonds is 9. The van der Waals surface area contributed by atoms with E-state index >= 15 is 0 Å². The van der Waals surface area contributed by atoms with Crippen LogP contribution in [0, 0.1) is 11.3 Å². The van der Waals surface area contributed by atoms with Gasteiger partial charge in [-0.05, 0) is 36.8 Å². The second-order valence-electron chi connectivity index (χ2n) is 10.1. The molecule has 1 saturated heterocycles. The summed E-state index contributed by atoms with van der Waals surface area (Å²) in [5, 5.41) is 30.6. The average Bonchev–Trinajstić information content (AvgIpc) is 3.60. The summed E-state index contributed by atoms with van der Waals surface area (Å²) in [7, 11) is 0. The van der Waals surface area contributed by atoms with E-state index in [0.717, 1.165) is 17.7 Å². The fourth-order valence-corrected chi connectivity index (χ4v) is 4.44. The lowest BCUT2D eigenvalue weighted by Crippen LogP contribution is -2.23. The minimum Gasteiger partial charge on any atom is -0.481 e. The molecule has 39 heavy (non-hydrogen) atoms. The molecule has 0 radical (unpaired) electrons. The monoisotopic (exact) mass is 524 g/mol. The topological polar surface area (TPSA) is 152 Å². The van der Waals surface area contributed by atoms with Crippen LogP contribution in [0.25, 0.3) is 22.6 Å². The van der Waals surface area contributed by atoms with Crippen molar-refractivity contribution in [3.63, 3.8) is 0 Å². The van der Waals surface area contributed by atoms with Crippen molar-refractivity contribution >= 4 is 11.9 Å². The molecular formula is C28H28N8O3. The number of carboxylic acid groups (broad SMARTS) is 1. The summed E-state index contributed by atoms with van der Waals surface area (Å²) in [6.45, 7) is 5.35. The molecule has 1 atom stereocenters. The largest absolute Gasteiger partial charge is 0.481 e. The zero-order valence-corrected chi connectivity index (χ0v) is 21.7.